The lowest BCUT2D eigenvalue weighted by molar-refractivity contribution is 0.0923. The molecule has 1 fully saturated rings. The summed E-state index contributed by atoms with van der Waals surface area (Å²) in [7, 11) is 0. The summed E-state index contributed by atoms with van der Waals surface area (Å²) in [4.78, 5) is 2.42. The number of nitrogens with zero attached hydrogens (tertiary/aromatic N) is 1. The highest BCUT2D eigenvalue weighted by Crippen LogP contribution is 2.32. The van der Waals surface area contributed by atoms with Crippen molar-refractivity contribution in [2.24, 2.45) is 5.92 Å². The second-order valence-electron chi connectivity index (χ2n) is 5.86. The molecular weight excluding hydrogens is 224 g/mol. The lowest BCUT2D eigenvalue weighted by atomic mass is 9.76. The summed E-state index contributed by atoms with van der Waals surface area (Å²) < 4.78 is 0. The smallest absolute Gasteiger partial charge is 0.0613 e. The maximum atomic E-state index is 9.74. The van der Waals surface area contributed by atoms with Crippen LogP contribution in [-0.2, 0) is 0 Å². The first-order valence-electron chi connectivity index (χ1n) is 7.74. The molecule has 0 amide bonds. The van der Waals surface area contributed by atoms with E-state index in [1.54, 1.807) is 0 Å². The van der Waals surface area contributed by atoms with E-state index >= 15 is 0 Å². The Morgan fingerprint density at radius 3 is 2.28 bits per heavy atom. The van der Waals surface area contributed by atoms with Gasteiger partial charge >= 0.3 is 0 Å². The third-order valence-corrected chi connectivity index (χ3v) is 4.69. The molecule has 0 heterocycles. The van der Waals surface area contributed by atoms with Gasteiger partial charge in [-0.1, -0.05) is 33.1 Å². The van der Waals surface area contributed by atoms with Gasteiger partial charge in [0.05, 0.1) is 6.61 Å². The number of rotatable bonds is 8. The van der Waals surface area contributed by atoms with Crippen molar-refractivity contribution in [2.45, 2.75) is 58.4 Å². The van der Waals surface area contributed by atoms with Gasteiger partial charge in [0.15, 0.2) is 0 Å². The SMILES string of the molecule is CCN(CC)CCNC(C)(CO)C1CCCCC1. The summed E-state index contributed by atoms with van der Waals surface area (Å²) in [6, 6.07) is 0. The Hall–Kier alpha value is -0.120. The van der Waals surface area contributed by atoms with Gasteiger partial charge < -0.3 is 15.3 Å². The van der Waals surface area contributed by atoms with E-state index in [1.807, 2.05) is 0 Å². The van der Waals surface area contributed by atoms with Gasteiger partial charge in [-0.2, -0.15) is 0 Å². The quantitative estimate of drug-likeness (QED) is 0.699. The molecular formula is C15H32N2O. The molecule has 0 spiro atoms. The summed E-state index contributed by atoms with van der Waals surface area (Å²) in [5.74, 6) is 0.646. The van der Waals surface area contributed by atoms with E-state index in [0.717, 1.165) is 26.2 Å². The molecule has 2 N–H and O–H groups in total. The average molecular weight is 256 g/mol. The number of hydrogen-bond acceptors (Lipinski definition) is 3. The van der Waals surface area contributed by atoms with Crippen LogP contribution in [0, 0.1) is 5.92 Å². The van der Waals surface area contributed by atoms with Gasteiger partial charge in [0.1, 0.15) is 0 Å². The standard InChI is InChI=1S/C15H32N2O/c1-4-17(5-2)12-11-16-15(3,13-18)14-9-7-6-8-10-14/h14,16,18H,4-13H2,1-3H3. The van der Waals surface area contributed by atoms with Crippen LogP contribution in [0.3, 0.4) is 0 Å². The Morgan fingerprint density at radius 1 is 1.17 bits per heavy atom. The van der Waals surface area contributed by atoms with E-state index in [0.29, 0.717) is 5.92 Å². The van der Waals surface area contributed by atoms with Crippen molar-refractivity contribution in [3.63, 3.8) is 0 Å². The molecule has 0 radical (unpaired) electrons. The predicted octanol–water partition coefficient (Wildman–Crippen LogP) is 2.25. The third-order valence-electron chi connectivity index (χ3n) is 4.69. The molecule has 1 atom stereocenters. The van der Waals surface area contributed by atoms with E-state index in [-0.39, 0.29) is 12.1 Å². The monoisotopic (exact) mass is 256 g/mol. The molecule has 18 heavy (non-hydrogen) atoms. The molecule has 1 saturated carbocycles. The van der Waals surface area contributed by atoms with Crippen LogP contribution in [0.1, 0.15) is 52.9 Å². The minimum absolute atomic E-state index is 0.0758. The molecule has 108 valence electrons. The number of likely N-dealkylation sites (N-methyl/N-ethyl adjacent to an activating group) is 1. The van der Waals surface area contributed by atoms with Crippen LogP contribution in [0.5, 0.6) is 0 Å². The van der Waals surface area contributed by atoms with Gasteiger partial charge in [-0.15, -0.1) is 0 Å². The zero-order valence-corrected chi connectivity index (χ0v) is 12.5. The maximum absolute atomic E-state index is 9.74. The van der Waals surface area contributed by atoms with Crippen molar-refractivity contribution in [1.82, 2.24) is 10.2 Å². The average Bonchev–Trinajstić information content (AvgIpc) is 2.44. The molecule has 1 rings (SSSR count). The zero-order chi connectivity index (χ0) is 13.4. The zero-order valence-electron chi connectivity index (χ0n) is 12.5. The fraction of sp³-hybridized carbons (Fsp3) is 1.00. The molecule has 1 aliphatic carbocycles. The van der Waals surface area contributed by atoms with Crippen LogP contribution in [0.25, 0.3) is 0 Å². The highest BCUT2D eigenvalue weighted by Gasteiger charge is 2.33. The van der Waals surface area contributed by atoms with Gasteiger partial charge in [0.2, 0.25) is 0 Å². The minimum atomic E-state index is -0.0758. The van der Waals surface area contributed by atoms with Crippen LogP contribution in [0.15, 0.2) is 0 Å². The minimum Gasteiger partial charge on any atom is -0.394 e. The van der Waals surface area contributed by atoms with Crippen LogP contribution >= 0.6 is 0 Å². The fourth-order valence-electron chi connectivity index (χ4n) is 3.11. The van der Waals surface area contributed by atoms with E-state index in [9.17, 15) is 5.11 Å². The lowest BCUT2D eigenvalue weighted by Gasteiger charge is -2.40. The predicted molar refractivity (Wildman–Crippen MR) is 77.9 cm³/mol. The van der Waals surface area contributed by atoms with Gasteiger partial charge in [0, 0.05) is 18.6 Å². The normalized spacial score (nSPS) is 21.2. The molecule has 3 heteroatoms. The molecule has 1 unspecified atom stereocenters. The summed E-state index contributed by atoms with van der Waals surface area (Å²) in [5.41, 5.74) is -0.0758. The molecule has 0 aliphatic heterocycles. The first kappa shape index (κ1) is 15.9. The van der Waals surface area contributed by atoms with Crippen molar-refractivity contribution in [2.75, 3.05) is 32.8 Å². The molecule has 3 nitrogen and oxygen atoms in total. The third kappa shape index (κ3) is 4.52. The first-order valence-corrected chi connectivity index (χ1v) is 7.74. The molecule has 0 aromatic rings. The van der Waals surface area contributed by atoms with E-state index in [1.165, 1.54) is 32.1 Å². The number of hydrogen-bond donors (Lipinski definition) is 2. The second-order valence-corrected chi connectivity index (χ2v) is 5.86. The van der Waals surface area contributed by atoms with Crippen molar-refractivity contribution < 1.29 is 5.11 Å². The van der Waals surface area contributed by atoms with Gasteiger partial charge in [-0.05, 0) is 38.8 Å². The summed E-state index contributed by atoms with van der Waals surface area (Å²) >= 11 is 0. The Labute approximate surface area is 113 Å². The lowest BCUT2D eigenvalue weighted by Crippen LogP contribution is -2.54. The van der Waals surface area contributed by atoms with Crippen molar-refractivity contribution in [1.29, 1.82) is 0 Å². The van der Waals surface area contributed by atoms with E-state index < -0.39 is 0 Å². The number of nitrogens with one attached hydrogen (secondary N) is 1. The maximum Gasteiger partial charge on any atom is 0.0613 e. The highest BCUT2D eigenvalue weighted by molar-refractivity contribution is 4.91. The van der Waals surface area contributed by atoms with Gasteiger partial charge in [-0.3, -0.25) is 0 Å². The fourth-order valence-corrected chi connectivity index (χ4v) is 3.11. The highest BCUT2D eigenvalue weighted by atomic mass is 16.3. The second kappa shape index (κ2) is 8.13. The summed E-state index contributed by atoms with van der Waals surface area (Å²) in [6.45, 7) is 11.1. The van der Waals surface area contributed by atoms with E-state index in [2.05, 4.69) is 31.0 Å². The van der Waals surface area contributed by atoms with Crippen LogP contribution in [0.2, 0.25) is 0 Å². The topological polar surface area (TPSA) is 35.5 Å². The van der Waals surface area contributed by atoms with E-state index in [4.69, 9.17) is 0 Å². The Kier molecular flexibility index (Phi) is 7.20. The molecule has 0 bridgehead atoms. The largest absolute Gasteiger partial charge is 0.394 e. The van der Waals surface area contributed by atoms with Gasteiger partial charge in [-0.25, -0.2) is 0 Å². The summed E-state index contributed by atoms with van der Waals surface area (Å²) in [6.07, 6.45) is 6.58. The number of aliphatic hydroxyl groups is 1. The Bertz CT molecular complexity index is 213. The van der Waals surface area contributed by atoms with Crippen LogP contribution in [-0.4, -0.2) is 48.3 Å². The molecule has 1 aliphatic rings. The Balaban J connectivity index is 2.38. The number of aliphatic hydroxyl groups excluding tert-OH is 1. The Morgan fingerprint density at radius 2 is 1.78 bits per heavy atom. The molecule has 0 aromatic carbocycles. The van der Waals surface area contributed by atoms with Gasteiger partial charge in [0.25, 0.3) is 0 Å². The van der Waals surface area contributed by atoms with Crippen LogP contribution < -0.4 is 5.32 Å². The summed E-state index contributed by atoms with van der Waals surface area (Å²) in [5, 5.41) is 13.4. The van der Waals surface area contributed by atoms with Crippen molar-refractivity contribution in [3.05, 3.63) is 0 Å². The van der Waals surface area contributed by atoms with Crippen molar-refractivity contribution in [3.8, 4) is 0 Å². The first-order chi connectivity index (χ1) is 8.66. The molecule has 0 saturated heterocycles. The molecule has 0 aromatic heterocycles. The van der Waals surface area contributed by atoms with Crippen LogP contribution in [0.4, 0.5) is 0 Å². The van der Waals surface area contributed by atoms with Crippen molar-refractivity contribution >= 4 is 0 Å².